The molecule has 1 atom stereocenters. The number of halogens is 1. The number of ether oxygens (including phenoxy) is 1. The molecule has 0 bridgehead atoms. The highest BCUT2D eigenvalue weighted by molar-refractivity contribution is 7.92. The van der Waals surface area contributed by atoms with Gasteiger partial charge >= 0.3 is 0 Å². The first kappa shape index (κ1) is 23.8. The predicted molar refractivity (Wildman–Crippen MR) is 118 cm³/mol. The van der Waals surface area contributed by atoms with Gasteiger partial charge in [0.25, 0.3) is 0 Å². The maximum atomic E-state index is 13.3. The van der Waals surface area contributed by atoms with Crippen molar-refractivity contribution in [2.75, 3.05) is 6.54 Å². The lowest BCUT2D eigenvalue weighted by molar-refractivity contribution is 0.242. The van der Waals surface area contributed by atoms with E-state index in [4.69, 9.17) is 4.74 Å². The fourth-order valence-electron chi connectivity index (χ4n) is 3.00. The highest BCUT2D eigenvalue weighted by Crippen LogP contribution is 2.29. The van der Waals surface area contributed by atoms with E-state index in [1.54, 1.807) is 12.1 Å². The van der Waals surface area contributed by atoms with E-state index in [2.05, 4.69) is 9.71 Å². The zero-order valence-electron chi connectivity index (χ0n) is 17.5. The number of hydrogen-bond donors (Lipinski definition) is 1. The Morgan fingerprint density at radius 2 is 1.56 bits per heavy atom. The molecular weight excluding hydrogens is 455 g/mol. The van der Waals surface area contributed by atoms with Gasteiger partial charge in [0.15, 0.2) is 9.84 Å². The van der Waals surface area contributed by atoms with E-state index >= 15 is 0 Å². The molecule has 1 heterocycles. The Balaban J connectivity index is 1.88. The van der Waals surface area contributed by atoms with Crippen molar-refractivity contribution in [3.63, 3.8) is 0 Å². The maximum Gasteiger partial charge on any atom is 0.240 e. The molecule has 32 heavy (non-hydrogen) atoms. The molecule has 170 valence electrons. The van der Waals surface area contributed by atoms with E-state index in [-0.39, 0.29) is 15.9 Å². The molecule has 1 N–H and O–H groups in total. The average Bonchev–Trinajstić information content (AvgIpc) is 2.75. The number of aromatic nitrogens is 1. The van der Waals surface area contributed by atoms with Crippen LogP contribution in [0.5, 0.6) is 5.75 Å². The van der Waals surface area contributed by atoms with Crippen molar-refractivity contribution in [1.29, 1.82) is 0 Å². The Morgan fingerprint density at radius 1 is 0.938 bits per heavy atom. The van der Waals surface area contributed by atoms with Crippen molar-refractivity contribution < 1.29 is 26.0 Å². The molecule has 0 aliphatic carbocycles. The molecule has 3 rings (SSSR count). The zero-order valence-corrected chi connectivity index (χ0v) is 19.1. The number of rotatable bonds is 9. The molecule has 0 saturated carbocycles. The number of benzene rings is 2. The van der Waals surface area contributed by atoms with Gasteiger partial charge in [0.1, 0.15) is 16.8 Å². The summed E-state index contributed by atoms with van der Waals surface area (Å²) < 4.78 is 73.2. The fraction of sp³-hybridized carbons (Fsp3) is 0.227. The third-order valence-corrected chi connectivity index (χ3v) is 8.09. The van der Waals surface area contributed by atoms with Crippen LogP contribution in [0.15, 0.2) is 82.8 Å². The SMILES string of the molecule is CC(C)Oc1ccc(S(=O)(=O)NCC(c2cccnc2)S(=O)(=O)c2ccc(F)cc2)cc1. The van der Waals surface area contributed by atoms with Crippen LogP contribution in [0.3, 0.4) is 0 Å². The first-order valence-corrected chi connectivity index (χ1v) is 12.8. The molecule has 0 aliphatic rings. The summed E-state index contributed by atoms with van der Waals surface area (Å²) in [7, 11) is -8.06. The van der Waals surface area contributed by atoms with Gasteiger partial charge < -0.3 is 4.74 Å². The number of nitrogens with zero attached hydrogens (tertiary/aromatic N) is 1. The normalized spacial score (nSPS) is 13.1. The van der Waals surface area contributed by atoms with Gasteiger partial charge in [-0.1, -0.05) is 6.07 Å². The minimum absolute atomic E-state index is 0.0299. The maximum absolute atomic E-state index is 13.3. The summed E-state index contributed by atoms with van der Waals surface area (Å²) in [5.74, 6) is -0.0569. The smallest absolute Gasteiger partial charge is 0.240 e. The van der Waals surface area contributed by atoms with Crippen molar-refractivity contribution in [2.45, 2.75) is 35.0 Å². The first-order valence-electron chi connectivity index (χ1n) is 9.75. The number of nitrogens with one attached hydrogen (secondary N) is 1. The van der Waals surface area contributed by atoms with Crippen LogP contribution in [0.25, 0.3) is 0 Å². The lowest BCUT2D eigenvalue weighted by atomic mass is 10.2. The third kappa shape index (κ3) is 5.70. The average molecular weight is 479 g/mol. The van der Waals surface area contributed by atoms with Crippen molar-refractivity contribution in [3.05, 3.63) is 84.4 Å². The van der Waals surface area contributed by atoms with Gasteiger partial charge in [-0.15, -0.1) is 0 Å². The van der Waals surface area contributed by atoms with E-state index in [0.29, 0.717) is 11.3 Å². The van der Waals surface area contributed by atoms with Crippen LogP contribution in [0.4, 0.5) is 4.39 Å². The zero-order chi connectivity index (χ0) is 23.4. The molecule has 0 amide bonds. The van der Waals surface area contributed by atoms with E-state index in [0.717, 1.165) is 24.3 Å². The molecule has 2 aromatic carbocycles. The van der Waals surface area contributed by atoms with Gasteiger partial charge in [-0.3, -0.25) is 4.98 Å². The number of hydrogen-bond acceptors (Lipinski definition) is 6. The number of pyridine rings is 1. The summed E-state index contributed by atoms with van der Waals surface area (Å²) >= 11 is 0. The second-order valence-corrected chi connectivity index (χ2v) is 11.2. The lowest BCUT2D eigenvalue weighted by Crippen LogP contribution is -2.32. The summed E-state index contributed by atoms with van der Waals surface area (Å²) in [5.41, 5.74) is 0.306. The van der Waals surface area contributed by atoms with Gasteiger partial charge in [-0.05, 0) is 74.0 Å². The second kappa shape index (κ2) is 9.76. The highest BCUT2D eigenvalue weighted by Gasteiger charge is 2.31. The molecule has 7 nitrogen and oxygen atoms in total. The lowest BCUT2D eigenvalue weighted by Gasteiger charge is -2.19. The molecule has 1 aromatic heterocycles. The Bertz CT molecular complexity index is 1250. The van der Waals surface area contributed by atoms with Crippen molar-refractivity contribution in [3.8, 4) is 5.75 Å². The van der Waals surface area contributed by atoms with Crippen LogP contribution in [-0.2, 0) is 19.9 Å². The quantitative estimate of drug-likeness (QED) is 0.472. The second-order valence-electron chi connectivity index (χ2n) is 7.26. The number of sulfone groups is 1. The van der Waals surface area contributed by atoms with Crippen molar-refractivity contribution in [2.24, 2.45) is 0 Å². The summed E-state index contributed by atoms with van der Waals surface area (Å²) in [4.78, 5) is 3.79. The van der Waals surface area contributed by atoms with Crippen LogP contribution in [0, 0.1) is 5.82 Å². The first-order chi connectivity index (χ1) is 15.1. The van der Waals surface area contributed by atoms with Crippen LogP contribution in [0.2, 0.25) is 0 Å². The summed E-state index contributed by atoms with van der Waals surface area (Å²) in [6.07, 6.45) is 2.78. The summed E-state index contributed by atoms with van der Waals surface area (Å²) in [6.45, 7) is 3.27. The topological polar surface area (TPSA) is 102 Å². The minimum atomic E-state index is -4.05. The van der Waals surface area contributed by atoms with E-state index < -0.39 is 37.5 Å². The van der Waals surface area contributed by atoms with Crippen LogP contribution < -0.4 is 9.46 Å². The van der Waals surface area contributed by atoms with Gasteiger partial charge in [0, 0.05) is 18.9 Å². The summed E-state index contributed by atoms with van der Waals surface area (Å²) in [6, 6.07) is 13.3. The fourth-order valence-corrected chi connectivity index (χ4v) is 5.80. The predicted octanol–water partition coefficient (Wildman–Crippen LogP) is 3.50. The monoisotopic (exact) mass is 478 g/mol. The molecule has 0 fully saturated rings. The van der Waals surface area contributed by atoms with Crippen LogP contribution in [0.1, 0.15) is 24.7 Å². The molecule has 0 aliphatic heterocycles. The molecule has 3 aromatic rings. The highest BCUT2D eigenvalue weighted by atomic mass is 32.2. The Morgan fingerprint density at radius 3 is 2.12 bits per heavy atom. The van der Waals surface area contributed by atoms with E-state index in [9.17, 15) is 21.2 Å². The Hall–Kier alpha value is -2.82. The van der Waals surface area contributed by atoms with Gasteiger partial charge in [-0.2, -0.15) is 0 Å². The van der Waals surface area contributed by atoms with Gasteiger partial charge in [0.05, 0.1) is 15.9 Å². The van der Waals surface area contributed by atoms with Gasteiger partial charge in [0.2, 0.25) is 10.0 Å². The van der Waals surface area contributed by atoms with E-state index in [1.165, 1.54) is 36.7 Å². The van der Waals surface area contributed by atoms with Crippen molar-refractivity contribution in [1.82, 2.24) is 9.71 Å². The van der Waals surface area contributed by atoms with E-state index in [1.807, 2.05) is 13.8 Å². The van der Waals surface area contributed by atoms with Crippen LogP contribution >= 0.6 is 0 Å². The Labute approximate surface area is 187 Å². The Kier molecular flexibility index (Phi) is 7.27. The van der Waals surface area contributed by atoms with Gasteiger partial charge in [-0.25, -0.2) is 25.9 Å². The largest absolute Gasteiger partial charge is 0.491 e. The third-order valence-electron chi connectivity index (χ3n) is 4.54. The number of sulfonamides is 1. The molecule has 0 saturated heterocycles. The molecule has 0 radical (unpaired) electrons. The molecule has 10 heteroatoms. The molecule has 0 spiro atoms. The molecular formula is C22H23FN2O5S2. The van der Waals surface area contributed by atoms with Crippen molar-refractivity contribution >= 4 is 19.9 Å². The summed E-state index contributed by atoms with van der Waals surface area (Å²) in [5, 5.41) is -1.26. The minimum Gasteiger partial charge on any atom is -0.491 e. The van der Waals surface area contributed by atoms with Crippen LogP contribution in [-0.4, -0.2) is 34.5 Å². The standard InChI is InChI=1S/C22H23FN2O5S2/c1-16(2)30-19-7-11-21(12-8-19)32(28,29)25-15-22(17-4-3-13-24-14-17)31(26,27)20-9-5-18(23)6-10-20/h3-14,16,22,25H,15H2,1-2H3. The molecule has 1 unspecified atom stereocenters.